The molecule has 1 aliphatic heterocycles. The zero-order chi connectivity index (χ0) is 22.6. The highest BCUT2D eigenvalue weighted by Gasteiger charge is 2.29. The predicted molar refractivity (Wildman–Crippen MR) is 135 cm³/mol. The van der Waals surface area contributed by atoms with E-state index >= 15 is 0 Å². The monoisotopic (exact) mass is 507 g/mol. The molecule has 1 fully saturated rings. The number of piperidine rings is 1. The molecule has 0 radical (unpaired) electrons. The van der Waals surface area contributed by atoms with Crippen molar-refractivity contribution in [2.24, 2.45) is 0 Å². The summed E-state index contributed by atoms with van der Waals surface area (Å²) in [5.74, 6) is 0.449. The fourth-order valence-corrected chi connectivity index (χ4v) is 8.00. The Hall–Kier alpha value is -1.77. The van der Waals surface area contributed by atoms with Crippen LogP contribution in [0.5, 0.6) is 0 Å². The van der Waals surface area contributed by atoms with E-state index in [-0.39, 0.29) is 4.21 Å². The fourth-order valence-electron chi connectivity index (χ4n) is 4.53. The summed E-state index contributed by atoms with van der Waals surface area (Å²) in [5, 5.41) is 2.43. The van der Waals surface area contributed by atoms with Gasteiger partial charge in [0.15, 0.2) is 0 Å². The Labute approximate surface area is 201 Å². The number of fused-ring (bicyclic) bond motifs is 2. The van der Waals surface area contributed by atoms with Crippen LogP contribution >= 0.6 is 34.7 Å². The molecule has 0 atom stereocenters. The normalized spacial score (nSPS) is 16.2. The van der Waals surface area contributed by atoms with Crippen LogP contribution in [0.1, 0.15) is 29.9 Å². The average Bonchev–Trinajstić information content (AvgIpc) is 3.35. The highest BCUT2D eigenvalue weighted by atomic mass is 35.5. The van der Waals surface area contributed by atoms with Crippen molar-refractivity contribution in [3.63, 3.8) is 0 Å². The van der Waals surface area contributed by atoms with E-state index in [0.717, 1.165) is 50.7 Å². The maximum Gasteiger partial charge on any atom is 0.287 e. The van der Waals surface area contributed by atoms with Crippen molar-refractivity contribution in [2.75, 3.05) is 24.0 Å². The van der Waals surface area contributed by atoms with Crippen LogP contribution in [0, 0.1) is 6.92 Å². The molecule has 2 aromatic heterocycles. The second kappa shape index (κ2) is 8.22. The van der Waals surface area contributed by atoms with E-state index in [0.29, 0.717) is 22.2 Å². The topological polar surface area (TPSA) is 56.4 Å². The number of aromatic amines is 1. The molecule has 4 aromatic rings. The lowest BCUT2D eigenvalue weighted by Gasteiger charge is -2.28. The minimum Gasteiger partial charge on any atom is -0.361 e. The molecule has 1 aliphatic rings. The molecular formula is C23H23Cl2N3O2S2. The maximum absolute atomic E-state index is 13.5. The summed E-state index contributed by atoms with van der Waals surface area (Å²) in [5.41, 5.74) is 3.30. The molecule has 32 heavy (non-hydrogen) atoms. The number of thiophene rings is 1. The first-order valence-electron chi connectivity index (χ1n) is 10.4. The third-order valence-corrected chi connectivity index (χ3v) is 10.7. The number of sulfonamides is 1. The standard InChI is InChI=1S/C23H23Cl2N3O2S2/c1-14-18-11-16(24)3-6-22(18)31-23(14)32(29,30)28(25)17-4-5-21-19(12-17)20(13-26-21)15-7-9-27(2)10-8-15/h3-6,11-13,15,26H,7-10H2,1-2H3. The molecule has 9 heteroatoms. The molecule has 5 nitrogen and oxygen atoms in total. The number of aromatic nitrogens is 1. The molecule has 0 unspecified atom stereocenters. The average molecular weight is 508 g/mol. The summed E-state index contributed by atoms with van der Waals surface area (Å²) < 4.78 is 28.9. The zero-order valence-electron chi connectivity index (χ0n) is 17.7. The van der Waals surface area contributed by atoms with Gasteiger partial charge in [-0.25, -0.2) is 0 Å². The molecular weight excluding hydrogens is 485 g/mol. The van der Waals surface area contributed by atoms with Crippen LogP contribution in [0.2, 0.25) is 5.02 Å². The Bertz CT molecular complexity index is 1420. The van der Waals surface area contributed by atoms with Crippen molar-refractivity contribution in [1.29, 1.82) is 0 Å². The van der Waals surface area contributed by atoms with Gasteiger partial charge in [0.25, 0.3) is 10.0 Å². The highest BCUT2D eigenvalue weighted by Crippen LogP contribution is 2.40. The number of H-pyrrole nitrogens is 1. The number of nitrogens with one attached hydrogen (secondary N) is 1. The summed E-state index contributed by atoms with van der Waals surface area (Å²) in [7, 11) is -1.79. The first-order valence-corrected chi connectivity index (χ1v) is 13.4. The molecule has 5 rings (SSSR count). The first-order chi connectivity index (χ1) is 15.3. The molecule has 1 N–H and O–H groups in total. The number of anilines is 1. The van der Waals surface area contributed by atoms with Gasteiger partial charge in [0, 0.05) is 38.6 Å². The van der Waals surface area contributed by atoms with Crippen LogP contribution in [0.3, 0.4) is 0 Å². The first kappa shape index (κ1) is 22.0. The lowest BCUT2D eigenvalue weighted by molar-refractivity contribution is 0.256. The van der Waals surface area contributed by atoms with Crippen molar-refractivity contribution in [1.82, 2.24) is 9.88 Å². The molecule has 168 valence electrons. The van der Waals surface area contributed by atoms with Gasteiger partial charge in [0.2, 0.25) is 0 Å². The van der Waals surface area contributed by atoms with Gasteiger partial charge >= 0.3 is 0 Å². The Morgan fingerprint density at radius 3 is 2.62 bits per heavy atom. The van der Waals surface area contributed by atoms with Gasteiger partial charge in [-0.2, -0.15) is 12.2 Å². The third kappa shape index (κ3) is 3.70. The number of benzene rings is 2. The van der Waals surface area contributed by atoms with Gasteiger partial charge in [-0.05, 0) is 98.7 Å². The molecule has 1 saturated heterocycles. The molecule has 2 aromatic carbocycles. The number of halogens is 2. The Kier molecular flexibility index (Phi) is 5.66. The molecule has 3 heterocycles. The largest absolute Gasteiger partial charge is 0.361 e. The minimum atomic E-state index is -3.94. The summed E-state index contributed by atoms with van der Waals surface area (Å²) in [4.78, 5) is 5.67. The van der Waals surface area contributed by atoms with Crippen LogP contribution in [-0.4, -0.2) is 38.4 Å². The molecule has 0 saturated carbocycles. The molecule has 0 amide bonds. The van der Waals surface area contributed by atoms with Gasteiger partial charge in [-0.1, -0.05) is 11.6 Å². The summed E-state index contributed by atoms with van der Waals surface area (Å²) >= 11 is 13.8. The van der Waals surface area contributed by atoms with Gasteiger partial charge < -0.3 is 9.88 Å². The SMILES string of the molecule is Cc1c(S(=O)(=O)N(Cl)c2ccc3[nH]cc(C4CCN(C)CC4)c3c2)sc2ccc(Cl)cc12. The van der Waals surface area contributed by atoms with E-state index in [1.807, 2.05) is 18.2 Å². The minimum absolute atomic E-state index is 0.231. The van der Waals surface area contributed by atoms with E-state index < -0.39 is 10.0 Å². The summed E-state index contributed by atoms with van der Waals surface area (Å²) in [6.45, 7) is 3.91. The third-order valence-electron chi connectivity index (χ3n) is 6.36. The quantitative estimate of drug-likeness (QED) is 0.320. The van der Waals surface area contributed by atoms with Crippen LogP contribution in [0.4, 0.5) is 5.69 Å². The van der Waals surface area contributed by atoms with Gasteiger partial charge in [0.05, 0.1) is 5.69 Å². The van der Waals surface area contributed by atoms with Crippen molar-refractivity contribution >= 4 is 71.4 Å². The Morgan fingerprint density at radius 1 is 1.12 bits per heavy atom. The number of nitrogens with zero attached hydrogens (tertiary/aromatic N) is 2. The van der Waals surface area contributed by atoms with E-state index in [1.165, 1.54) is 16.9 Å². The van der Waals surface area contributed by atoms with Crippen molar-refractivity contribution in [3.05, 3.63) is 58.7 Å². The van der Waals surface area contributed by atoms with Crippen LogP contribution in [-0.2, 0) is 10.0 Å². The van der Waals surface area contributed by atoms with Crippen molar-refractivity contribution in [2.45, 2.75) is 29.9 Å². The van der Waals surface area contributed by atoms with Crippen LogP contribution in [0.25, 0.3) is 21.0 Å². The molecule has 0 aliphatic carbocycles. The Balaban J connectivity index is 1.53. The van der Waals surface area contributed by atoms with Gasteiger partial charge in [-0.3, -0.25) is 0 Å². The van der Waals surface area contributed by atoms with Crippen LogP contribution in [0.15, 0.2) is 46.8 Å². The van der Waals surface area contributed by atoms with Crippen molar-refractivity contribution < 1.29 is 8.42 Å². The summed E-state index contributed by atoms with van der Waals surface area (Å²) in [6.07, 6.45) is 4.22. The smallest absolute Gasteiger partial charge is 0.287 e. The van der Waals surface area contributed by atoms with E-state index in [9.17, 15) is 8.42 Å². The Morgan fingerprint density at radius 2 is 1.88 bits per heavy atom. The lowest BCUT2D eigenvalue weighted by atomic mass is 9.89. The summed E-state index contributed by atoms with van der Waals surface area (Å²) in [6, 6.07) is 10.9. The second-order valence-electron chi connectivity index (χ2n) is 8.43. The van der Waals surface area contributed by atoms with Gasteiger partial charge in [-0.15, -0.1) is 11.3 Å². The van der Waals surface area contributed by atoms with E-state index in [1.54, 1.807) is 25.1 Å². The van der Waals surface area contributed by atoms with E-state index in [4.69, 9.17) is 23.4 Å². The number of aryl methyl sites for hydroxylation is 1. The van der Waals surface area contributed by atoms with Gasteiger partial charge in [0.1, 0.15) is 4.21 Å². The number of hydrogen-bond donors (Lipinski definition) is 1. The fraction of sp³-hybridized carbons (Fsp3) is 0.304. The molecule has 0 spiro atoms. The van der Waals surface area contributed by atoms with Crippen molar-refractivity contribution in [3.8, 4) is 0 Å². The van der Waals surface area contributed by atoms with Crippen LogP contribution < -0.4 is 3.82 Å². The predicted octanol–water partition coefficient (Wildman–Crippen LogP) is 6.50. The molecule has 0 bridgehead atoms. The zero-order valence-corrected chi connectivity index (χ0v) is 20.9. The number of hydrogen-bond acceptors (Lipinski definition) is 4. The second-order valence-corrected chi connectivity index (χ2v) is 12.4. The number of likely N-dealkylation sites (tertiary alicyclic amines) is 1. The number of rotatable bonds is 4. The maximum atomic E-state index is 13.5. The lowest BCUT2D eigenvalue weighted by Crippen LogP contribution is -2.29. The van der Waals surface area contributed by atoms with E-state index in [2.05, 4.69) is 23.1 Å². The highest BCUT2D eigenvalue weighted by molar-refractivity contribution is 7.96.